The number of carbonyl (C=O) groups excluding carboxylic acids is 4. The molecule has 194 valence electrons. The second kappa shape index (κ2) is 11.7. The molecule has 1 saturated heterocycles. The van der Waals surface area contributed by atoms with Crippen LogP contribution in [0.1, 0.15) is 27.7 Å². The van der Waals surface area contributed by atoms with Crippen LogP contribution in [0.5, 0.6) is 11.5 Å². The first-order chi connectivity index (χ1) is 17.1. The first-order valence-corrected chi connectivity index (χ1v) is 11.0. The van der Waals surface area contributed by atoms with Crippen molar-refractivity contribution in [1.29, 1.82) is 0 Å². The zero-order valence-corrected chi connectivity index (χ0v) is 20.4. The summed E-state index contributed by atoms with van der Waals surface area (Å²) in [4.78, 5) is 51.5. The van der Waals surface area contributed by atoms with E-state index in [1.165, 1.54) is 20.2 Å². The van der Waals surface area contributed by atoms with Crippen LogP contribution in [0.3, 0.4) is 0 Å². The summed E-state index contributed by atoms with van der Waals surface area (Å²) in [7, 11) is 1.53. The second-order valence-electron chi connectivity index (χ2n) is 7.88. The molecule has 12 heteroatoms. The van der Waals surface area contributed by atoms with Gasteiger partial charge >= 0.3 is 23.9 Å². The van der Waals surface area contributed by atoms with Gasteiger partial charge in [-0.1, -0.05) is 0 Å². The number of aromatic nitrogens is 1. The van der Waals surface area contributed by atoms with Gasteiger partial charge in [-0.3, -0.25) is 24.2 Å². The number of rotatable bonds is 8. The number of ether oxygens (including phenoxy) is 7. The summed E-state index contributed by atoms with van der Waals surface area (Å²) < 4.78 is 38.6. The van der Waals surface area contributed by atoms with Crippen molar-refractivity contribution < 1.29 is 52.3 Å². The zero-order valence-electron chi connectivity index (χ0n) is 20.4. The molecule has 0 amide bonds. The maximum atomic E-state index is 12.0. The Labute approximate surface area is 206 Å². The third-order valence-electron chi connectivity index (χ3n) is 5.10. The van der Waals surface area contributed by atoms with E-state index in [9.17, 15) is 19.2 Å². The Kier molecular flexibility index (Phi) is 8.64. The van der Waals surface area contributed by atoms with E-state index in [-0.39, 0.29) is 6.61 Å². The summed E-state index contributed by atoms with van der Waals surface area (Å²) in [6.45, 7) is 4.29. The standard InChI is InChI=1S/C24H27NO11/c1-12(26)31-11-20-21(32-13(2)27)22(33-14(3)28)23(34-15(4)29)24(36-20)35-19-8-9-25-18-10-16(30-5)6-7-17(18)19/h6-10,20-24H,11H2,1-5H3/t20-,21-,22+,23-,24-/m1/s1. The minimum atomic E-state index is -1.35. The highest BCUT2D eigenvalue weighted by molar-refractivity contribution is 5.86. The predicted molar refractivity (Wildman–Crippen MR) is 121 cm³/mol. The number of nitrogens with zero attached hydrogens (tertiary/aromatic N) is 1. The quantitative estimate of drug-likeness (QED) is 0.380. The third kappa shape index (κ3) is 6.60. The van der Waals surface area contributed by atoms with Crippen LogP contribution >= 0.6 is 0 Å². The van der Waals surface area contributed by atoms with E-state index in [1.807, 2.05) is 0 Å². The molecule has 1 fully saturated rings. The Morgan fingerprint density at radius 3 is 2.11 bits per heavy atom. The van der Waals surface area contributed by atoms with Gasteiger partial charge in [0, 0.05) is 45.3 Å². The molecule has 1 aliphatic rings. The molecule has 0 bridgehead atoms. The van der Waals surface area contributed by atoms with Crippen LogP contribution in [0.25, 0.3) is 10.9 Å². The molecule has 1 aromatic heterocycles. The number of carbonyl (C=O) groups is 4. The summed E-state index contributed by atoms with van der Waals surface area (Å²) in [5.41, 5.74) is 0.553. The molecule has 2 heterocycles. The van der Waals surface area contributed by atoms with Crippen LogP contribution in [-0.4, -0.2) is 73.3 Å². The van der Waals surface area contributed by atoms with Gasteiger partial charge < -0.3 is 33.2 Å². The average molecular weight is 505 g/mol. The lowest BCUT2D eigenvalue weighted by Crippen LogP contribution is -2.63. The Morgan fingerprint density at radius 2 is 1.50 bits per heavy atom. The summed E-state index contributed by atoms with van der Waals surface area (Å²) >= 11 is 0. The van der Waals surface area contributed by atoms with Crippen molar-refractivity contribution in [1.82, 2.24) is 4.98 Å². The molecule has 0 spiro atoms. The molecule has 0 N–H and O–H groups in total. The molecule has 1 aliphatic heterocycles. The van der Waals surface area contributed by atoms with Crippen molar-refractivity contribution in [3.8, 4) is 11.5 Å². The van der Waals surface area contributed by atoms with Crippen molar-refractivity contribution in [2.24, 2.45) is 0 Å². The highest BCUT2D eigenvalue weighted by Gasteiger charge is 2.53. The maximum absolute atomic E-state index is 12.0. The molecule has 0 radical (unpaired) electrons. The third-order valence-corrected chi connectivity index (χ3v) is 5.10. The van der Waals surface area contributed by atoms with Gasteiger partial charge in [-0.05, 0) is 18.2 Å². The maximum Gasteiger partial charge on any atom is 0.303 e. The van der Waals surface area contributed by atoms with E-state index in [0.29, 0.717) is 22.4 Å². The number of benzene rings is 1. The lowest BCUT2D eigenvalue weighted by atomic mass is 9.98. The number of methoxy groups -OCH3 is 1. The highest BCUT2D eigenvalue weighted by atomic mass is 16.7. The predicted octanol–water partition coefficient (Wildman–Crippen LogP) is 1.71. The van der Waals surface area contributed by atoms with Gasteiger partial charge in [-0.15, -0.1) is 0 Å². The lowest BCUT2D eigenvalue weighted by Gasteiger charge is -2.44. The molecule has 3 rings (SSSR count). The molecule has 1 aromatic carbocycles. The fraction of sp³-hybridized carbons (Fsp3) is 0.458. The first kappa shape index (κ1) is 26.7. The van der Waals surface area contributed by atoms with Gasteiger partial charge in [0.2, 0.25) is 12.4 Å². The average Bonchev–Trinajstić information content (AvgIpc) is 2.80. The van der Waals surface area contributed by atoms with E-state index in [1.54, 1.807) is 24.3 Å². The van der Waals surface area contributed by atoms with Crippen LogP contribution in [0.15, 0.2) is 30.5 Å². The molecule has 12 nitrogen and oxygen atoms in total. The fourth-order valence-electron chi connectivity index (χ4n) is 3.74. The Hall–Kier alpha value is -3.93. The molecule has 0 saturated carbocycles. The van der Waals surface area contributed by atoms with Crippen LogP contribution in [-0.2, 0) is 42.9 Å². The van der Waals surface area contributed by atoms with Gasteiger partial charge in [0.05, 0.1) is 12.6 Å². The van der Waals surface area contributed by atoms with Gasteiger partial charge in [-0.2, -0.15) is 0 Å². The molecular weight excluding hydrogens is 478 g/mol. The number of fused-ring (bicyclic) bond motifs is 1. The van der Waals surface area contributed by atoms with Gasteiger partial charge in [0.1, 0.15) is 24.2 Å². The Balaban J connectivity index is 2.04. The number of hydrogen-bond acceptors (Lipinski definition) is 12. The number of esters is 4. The number of pyridine rings is 1. The highest BCUT2D eigenvalue weighted by Crippen LogP contribution is 2.33. The van der Waals surface area contributed by atoms with E-state index in [0.717, 1.165) is 20.8 Å². The smallest absolute Gasteiger partial charge is 0.303 e. The van der Waals surface area contributed by atoms with Gasteiger partial charge in [0.25, 0.3) is 0 Å². The van der Waals surface area contributed by atoms with Gasteiger partial charge in [0.15, 0.2) is 12.2 Å². The monoisotopic (exact) mass is 505 g/mol. The minimum absolute atomic E-state index is 0.309. The SMILES string of the molecule is COc1ccc2c(O[C@@H]3O[C@H](COC(C)=O)[C@@H](OC(C)=O)[C@H](OC(C)=O)[C@H]3OC(C)=O)ccnc2c1. The van der Waals surface area contributed by atoms with E-state index in [2.05, 4.69) is 4.98 Å². The van der Waals surface area contributed by atoms with E-state index < -0.39 is 54.6 Å². The van der Waals surface area contributed by atoms with E-state index >= 15 is 0 Å². The van der Waals surface area contributed by atoms with Crippen LogP contribution < -0.4 is 9.47 Å². The Morgan fingerprint density at radius 1 is 0.861 bits per heavy atom. The second-order valence-corrected chi connectivity index (χ2v) is 7.88. The topological polar surface area (TPSA) is 146 Å². The van der Waals surface area contributed by atoms with E-state index in [4.69, 9.17) is 33.2 Å². The van der Waals surface area contributed by atoms with Crippen LogP contribution in [0, 0.1) is 0 Å². The normalized spacial score (nSPS) is 23.3. The van der Waals surface area contributed by atoms with Crippen molar-refractivity contribution in [2.75, 3.05) is 13.7 Å². The molecule has 0 unspecified atom stereocenters. The summed E-state index contributed by atoms with van der Waals surface area (Å²) in [6, 6.07) is 6.71. The summed E-state index contributed by atoms with van der Waals surface area (Å²) in [6.07, 6.45) is -4.91. The Bertz CT molecular complexity index is 1130. The van der Waals surface area contributed by atoms with Crippen molar-refractivity contribution >= 4 is 34.8 Å². The molecular formula is C24H27NO11. The zero-order chi connectivity index (χ0) is 26.4. The van der Waals surface area contributed by atoms with Crippen molar-refractivity contribution in [2.45, 2.75) is 58.4 Å². The summed E-state index contributed by atoms with van der Waals surface area (Å²) in [5, 5.41) is 0.589. The van der Waals surface area contributed by atoms with Crippen LogP contribution in [0.4, 0.5) is 0 Å². The molecule has 0 aliphatic carbocycles. The largest absolute Gasteiger partial charge is 0.497 e. The first-order valence-electron chi connectivity index (χ1n) is 11.0. The van der Waals surface area contributed by atoms with Crippen LogP contribution in [0.2, 0.25) is 0 Å². The van der Waals surface area contributed by atoms with Crippen molar-refractivity contribution in [3.05, 3.63) is 30.5 Å². The fourth-order valence-corrected chi connectivity index (χ4v) is 3.74. The van der Waals surface area contributed by atoms with Gasteiger partial charge in [-0.25, -0.2) is 0 Å². The lowest BCUT2D eigenvalue weighted by molar-refractivity contribution is -0.288. The number of hydrogen-bond donors (Lipinski definition) is 0. The molecule has 36 heavy (non-hydrogen) atoms. The summed E-state index contributed by atoms with van der Waals surface area (Å²) in [5.74, 6) is -1.90. The molecule has 2 aromatic rings. The van der Waals surface area contributed by atoms with Crippen molar-refractivity contribution in [3.63, 3.8) is 0 Å². The molecule has 5 atom stereocenters. The minimum Gasteiger partial charge on any atom is -0.497 e.